The van der Waals surface area contributed by atoms with Crippen molar-refractivity contribution < 1.29 is 28.6 Å². The molecule has 1 aliphatic heterocycles. The number of amides is 2. The van der Waals surface area contributed by atoms with Gasteiger partial charge in [0.05, 0.1) is 42.5 Å². The van der Waals surface area contributed by atoms with Crippen molar-refractivity contribution in [3.8, 4) is 11.5 Å². The number of hydrogen-bond donors (Lipinski definition) is 0. The predicted molar refractivity (Wildman–Crippen MR) is 101 cm³/mol. The molecule has 0 N–H and O–H groups in total. The van der Waals surface area contributed by atoms with E-state index in [9.17, 15) is 14.4 Å². The monoisotopic (exact) mass is 403 g/mol. The number of imide groups is 1. The number of methoxy groups -OCH3 is 2. The van der Waals surface area contributed by atoms with Gasteiger partial charge in [-0.05, 0) is 30.7 Å². The van der Waals surface area contributed by atoms with Crippen molar-refractivity contribution >= 4 is 29.4 Å². The van der Waals surface area contributed by atoms with E-state index >= 15 is 0 Å². The van der Waals surface area contributed by atoms with E-state index in [1.807, 2.05) is 0 Å². The second-order valence-electron chi connectivity index (χ2n) is 5.99. The molecule has 0 saturated carbocycles. The van der Waals surface area contributed by atoms with Gasteiger partial charge in [-0.2, -0.15) is 0 Å². The summed E-state index contributed by atoms with van der Waals surface area (Å²) in [4.78, 5) is 38.0. The summed E-state index contributed by atoms with van der Waals surface area (Å²) >= 11 is 6.09. The molecule has 0 bridgehead atoms. The van der Waals surface area contributed by atoms with E-state index in [-0.39, 0.29) is 35.6 Å². The van der Waals surface area contributed by atoms with Crippen LogP contribution in [0.4, 0.5) is 0 Å². The number of ether oxygens (including phenoxy) is 3. The fourth-order valence-corrected chi connectivity index (χ4v) is 3.24. The molecule has 0 radical (unpaired) electrons. The zero-order chi connectivity index (χ0) is 20.3. The average Bonchev–Trinajstić information content (AvgIpc) is 2.95. The number of esters is 1. The minimum Gasteiger partial charge on any atom is -0.493 e. The van der Waals surface area contributed by atoms with Crippen LogP contribution in [-0.4, -0.2) is 50.1 Å². The van der Waals surface area contributed by atoms with Gasteiger partial charge in [-0.25, -0.2) is 4.79 Å². The van der Waals surface area contributed by atoms with Crippen LogP contribution in [0.1, 0.15) is 37.5 Å². The Labute approximate surface area is 166 Å². The maximum absolute atomic E-state index is 12.3. The number of rotatable bonds is 7. The van der Waals surface area contributed by atoms with Crippen molar-refractivity contribution in [2.45, 2.75) is 6.42 Å². The molecule has 7 nitrogen and oxygen atoms in total. The fraction of sp³-hybridized carbons (Fsp3) is 0.250. The molecule has 0 aromatic heterocycles. The summed E-state index contributed by atoms with van der Waals surface area (Å²) in [6.45, 7) is 0.199. The summed E-state index contributed by atoms with van der Waals surface area (Å²) in [6.07, 6.45) is 0.318. The average molecular weight is 404 g/mol. The number of halogens is 1. The van der Waals surface area contributed by atoms with Crippen LogP contribution in [0.25, 0.3) is 0 Å². The lowest BCUT2D eigenvalue weighted by molar-refractivity contribution is 0.0482. The molecule has 28 heavy (non-hydrogen) atoms. The highest BCUT2D eigenvalue weighted by atomic mass is 35.5. The lowest BCUT2D eigenvalue weighted by Gasteiger charge is -2.14. The van der Waals surface area contributed by atoms with Crippen molar-refractivity contribution in [1.82, 2.24) is 4.90 Å². The van der Waals surface area contributed by atoms with Crippen molar-refractivity contribution in [3.05, 3.63) is 58.1 Å². The third-order valence-corrected chi connectivity index (χ3v) is 4.59. The van der Waals surface area contributed by atoms with Gasteiger partial charge in [-0.1, -0.05) is 23.7 Å². The molecule has 0 unspecified atom stereocenters. The maximum atomic E-state index is 12.3. The lowest BCUT2D eigenvalue weighted by atomic mass is 10.1. The van der Waals surface area contributed by atoms with Crippen molar-refractivity contribution in [1.29, 1.82) is 0 Å². The van der Waals surface area contributed by atoms with E-state index in [4.69, 9.17) is 25.8 Å². The molecule has 146 valence electrons. The van der Waals surface area contributed by atoms with Crippen LogP contribution in [0.5, 0.6) is 11.5 Å². The van der Waals surface area contributed by atoms with Gasteiger partial charge in [-0.15, -0.1) is 0 Å². The van der Waals surface area contributed by atoms with E-state index in [1.54, 1.807) is 24.3 Å². The molecule has 0 spiro atoms. The van der Waals surface area contributed by atoms with E-state index in [0.717, 1.165) is 4.90 Å². The first-order chi connectivity index (χ1) is 13.5. The Morgan fingerprint density at radius 1 is 1.04 bits per heavy atom. The number of carbonyl (C=O) groups excluding carboxylic acids is 3. The highest BCUT2D eigenvalue weighted by Gasteiger charge is 2.34. The molecule has 8 heteroatoms. The van der Waals surface area contributed by atoms with Crippen molar-refractivity contribution in [2.24, 2.45) is 0 Å². The summed E-state index contributed by atoms with van der Waals surface area (Å²) in [5, 5.41) is 0.222. The van der Waals surface area contributed by atoms with Gasteiger partial charge in [0.25, 0.3) is 11.8 Å². The maximum Gasteiger partial charge on any atom is 0.338 e. The van der Waals surface area contributed by atoms with E-state index in [2.05, 4.69) is 0 Å². The van der Waals surface area contributed by atoms with E-state index in [1.165, 1.54) is 26.4 Å². The standard InChI is InChI=1S/C20H18ClNO6/c1-26-16-11-12(10-15(21)17(16)27-2)20(25)28-9-5-8-22-18(23)13-6-3-4-7-14(13)19(22)24/h3-4,6-7,10-11H,5,8-9H2,1-2H3. The highest BCUT2D eigenvalue weighted by molar-refractivity contribution is 6.32. The first-order valence-electron chi connectivity index (χ1n) is 8.51. The molecule has 0 aliphatic carbocycles. The Kier molecular flexibility index (Phi) is 5.84. The molecule has 0 atom stereocenters. The molecule has 2 aromatic rings. The SMILES string of the molecule is COc1cc(C(=O)OCCCN2C(=O)c3ccccc3C2=O)cc(Cl)c1OC. The molecule has 3 rings (SSSR count). The zero-order valence-corrected chi connectivity index (χ0v) is 16.1. The summed E-state index contributed by atoms with van der Waals surface area (Å²) < 4.78 is 15.5. The van der Waals surface area contributed by atoms with Crippen LogP contribution >= 0.6 is 11.6 Å². The van der Waals surface area contributed by atoms with Crippen LogP contribution in [0.2, 0.25) is 5.02 Å². The molecule has 0 saturated heterocycles. The topological polar surface area (TPSA) is 82.1 Å². The Morgan fingerprint density at radius 3 is 2.25 bits per heavy atom. The first-order valence-corrected chi connectivity index (χ1v) is 8.89. The molecule has 2 amide bonds. The minimum atomic E-state index is -0.592. The third kappa shape index (κ3) is 3.66. The van der Waals surface area contributed by atoms with Crippen LogP contribution in [0, 0.1) is 0 Å². The van der Waals surface area contributed by atoms with Crippen molar-refractivity contribution in [3.63, 3.8) is 0 Å². The van der Waals surface area contributed by atoms with Gasteiger partial charge in [-0.3, -0.25) is 14.5 Å². The molecule has 1 aliphatic rings. The molecule has 0 fully saturated rings. The second-order valence-corrected chi connectivity index (χ2v) is 6.40. The van der Waals surface area contributed by atoms with Crippen LogP contribution in [0.3, 0.4) is 0 Å². The Hall–Kier alpha value is -3.06. The normalized spacial score (nSPS) is 12.8. The third-order valence-electron chi connectivity index (χ3n) is 4.31. The molecular formula is C20H18ClNO6. The summed E-state index contributed by atoms with van der Waals surface area (Å²) in [7, 11) is 2.88. The fourth-order valence-electron chi connectivity index (χ4n) is 2.95. The minimum absolute atomic E-state index is 0.0399. The van der Waals surface area contributed by atoms with Crippen molar-refractivity contribution in [2.75, 3.05) is 27.4 Å². The van der Waals surface area contributed by atoms with Gasteiger partial charge >= 0.3 is 5.97 Å². The van der Waals surface area contributed by atoms with Gasteiger partial charge in [0.15, 0.2) is 11.5 Å². The Morgan fingerprint density at radius 2 is 1.68 bits per heavy atom. The van der Waals surface area contributed by atoms with Gasteiger partial charge in [0.1, 0.15) is 0 Å². The van der Waals surface area contributed by atoms with Gasteiger partial charge < -0.3 is 14.2 Å². The molecule has 2 aromatic carbocycles. The molecular weight excluding hydrogens is 386 g/mol. The summed E-state index contributed by atoms with van der Waals surface area (Å²) in [6, 6.07) is 9.56. The second kappa shape index (κ2) is 8.31. The Balaban J connectivity index is 1.56. The number of carbonyl (C=O) groups is 3. The quantitative estimate of drug-likeness (QED) is 0.401. The smallest absolute Gasteiger partial charge is 0.338 e. The Bertz CT molecular complexity index is 907. The highest BCUT2D eigenvalue weighted by Crippen LogP contribution is 2.36. The molecule has 1 heterocycles. The number of nitrogens with zero attached hydrogens (tertiary/aromatic N) is 1. The van der Waals surface area contributed by atoms with Crippen LogP contribution < -0.4 is 9.47 Å². The number of fused-ring (bicyclic) bond motifs is 1. The number of hydrogen-bond acceptors (Lipinski definition) is 6. The predicted octanol–water partition coefficient (Wildman–Crippen LogP) is 3.20. The number of benzene rings is 2. The van der Waals surface area contributed by atoms with E-state index < -0.39 is 5.97 Å². The largest absolute Gasteiger partial charge is 0.493 e. The first kappa shape index (κ1) is 19.7. The van der Waals surface area contributed by atoms with E-state index in [0.29, 0.717) is 29.0 Å². The van der Waals surface area contributed by atoms with Crippen LogP contribution in [0.15, 0.2) is 36.4 Å². The van der Waals surface area contributed by atoms with Gasteiger partial charge in [0, 0.05) is 6.54 Å². The summed E-state index contributed by atoms with van der Waals surface area (Å²) in [5.74, 6) is -0.623. The lowest BCUT2D eigenvalue weighted by Crippen LogP contribution is -2.31. The summed E-state index contributed by atoms with van der Waals surface area (Å²) in [5.41, 5.74) is 0.998. The van der Waals surface area contributed by atoms with Crippen LogP contribution in [-0.2, 0) is 4.74 Å². The zero-order valence-electron chi connectivity index (χ0n) is 15.4. The van der Waals surface area contributed by atoms with Gasteiger partial charge in [0.2, 0.25) is 0 Å².